The van der Waals surface area contributed by atoms with Crippen LogP contribution in [0.15, 0.2) is 53.6 Å². The summed E-state index contributed by atoms with van der Waals surface area (Å²) in [6.07, 6.45) is 3.52. The lowest BCUT2D eigenvalue weighted by Gasteiger charge is -2.24. The number of nitrogens with zero attached hydrogens (tertiary/aromatic N) is 3. The first-order valence-electron chi connectivity index (χ1n) is 8.71. The van der Waals surface area contributed by atoms with Crippen molar-refractivity contribution in [1.29, 1.82) is 0 Å². The number of fused-ring (bicyclic) bond motifs is 1. The van der Waals surface area contributed by atoms with Crippen molar-refractivity contribution in [3.05, 3.63) is 64.7 Å². The molecule has 2 aliphatic rings. The minimum atomic E-state index is -0.0262. The fourth-order valence-corrected chi connectivity index (χ4v) is 3.53. The second kappa shape index (κ2) is 6.89. The van der Waals surface area contributed by atoms with E-state index in [4.69, 9.17) is 16.7 Å². The van der Waals surface area contributed by atoms with Gasteiger partial charge in [-0.1, -0.05) is 41.9 Å². The zero-order valence-electron chi connectivity index (χ0n) is 14.0. The summed E-state index contributed by atoms with van der Waals surface area (Å²) >= 11 is 5.96. The molecule has 2 aromatic rings. The number of para-hydroxylation sites is 1. The van der Waals surface area contributed by atoms with E-state index in [1.807, 2.05) is 53.5 Å². The van der Waals surface area contributed by atoms with Gasteiger partial charge in [0.25, 0.3) is 5.91 Å². The summed E-state index contributed by atoms with van der Waals surface area (Å²) in [6, 6.07) is 15.5. The van der Waals surface area contributed by atoms with Crippen LogP contribution in [0, 0.1) is 0 Å². The van der Waals surface area contributed by atoms with Gasteiger partial charge in [-0.05, 0) is 43.0 Å². The summed E-state index contributed by atoms with van der Waals surface area (Å²) < 4.78 is 0. The maximum atomic E-state index is 13.0. The molecule has 1 saturated heterocycles. The number of hydrazone groups is 1. The van der Waals surface area contributed by atoms with Crippen molar-refractivity contribution in [2.24, 2.45) is 5.10 Å². The highest BCUT2D eigenvalue weighted by Crippen LogP contribution is 2.31. The van der Waals surface area contributed by atoms with Gasteiger partial charge < -0.3 is 4.90 Å². The molecular weight excluding hydrogens is 334 g/mol. The quantitative estimate of drug-likeness (QED) is 0.833. The van der Waals surface area contributed by atoms with Crippen molar-refractivity contribution in [3.63, 3.8) is 0 Å². The lowest BCUT2D eigenvalue weighted by atomic mass is 10.1. The largest absolute Gasteiger partial charge is 0.302 e. The van der Waals surface area contributed by atoms with Crippen molar-refractivity contribution in [2.45, 2.75) is 25.8 Å². The summed E-state index contributed by atoms with van der Waals surface area (Å²) in [6.45, 7) is 2.37. The van der Waals surface area contributed by atoms with E-state index in [0.717, 1.165) is 42.7 Å². The summed E-state index contributed by atoms with van der Waals surface area (Å²) in [5, 5.41) is 7.44. The van der Waals surface area contributed by atoms with Gasteiger partial charge in [0, 0.05) is 23.7 Å². The Morgan fingerprint density at radius 2 is 1.68 bits per heavy atom. The molecule has 0 radical (unpaired) electrons. The van der Waals surface area contributed by atoms with Crippen LogP contribution < -0.4 is 4.90 Å². The molecule has 4 nitrogen and oxygen atoms in total. The molecule has 1 amide bonds. The molecule has 0 N–H and O–H groups in total. The molecule has 0 unspecified atom stereocenters. The maximum Gasteiger partial charge on any atom is 0.279 e. The van der Waals surface area contributed by atoms with E-state index >= 15 is 0 Å². The summed E-state index contributed by atoms with van der Waals surface area (Å²) in [5.74, 6) is -0.0262. The lowest BCUT2D eigenvalue weighted by Crippen LogP contribution is -2.32. The number of halogens is 1. The van der Waals surface area contributed by atoms with Crippen LogP contribution in [-0.2, 0) is 11.3 Å². The maximum absolute atomic E-state index is 13.0. The van der Waals surface area contributed by atoms with Crippen LogP contribution in [0.1, 0.15) is 30.4 Å². The fourth-order valence-electron chi connectivity index (χ4n) is 3.41. The van der Waals surface area contributed by atoms with E-state index < -0.39 is 0 Å². The van der Waals surface area contributed by atoms with Crippen molar-refractivity contribution < 1.29 is 4.79 Å². The van der Waals surface area contributed by atoms with Gasteiger partial charge in [-0.25, -0.2) is 0 Å². The van der Waals surface area contributed by atoms with E-state index in [1.165, 1.54) is 6.42 Å². The average Bonchev–Trinajstić information content (AvgIpc) is 2.90. The topological polar surface area (TPSA) is 35.9 Å². The third-order valence-corrected chi connectivity index (χ3v) is 4.98. The van der Waals surface area contributed by atoms with Gasteiger partial charge in [0.2, 0.25) is 0 Å². The number of anilines is 1. The molecule has 5 heteroatoms. The SMILES string of the molecule is O=C1C(=NN2CCCCC2)c2ccccc2N1Cc1ccc(Cl)cc1. The zero-order chi connectivity index (χ0) is 17.2. The summed E-state index contributed by atoms with van der Waals surface area (Å²) in [7, 11) is 0. The highest BCUT2D eigenvalue weighted by molar-refractivity contribution is 6.54. The van der Waals surface area contributed by atoms with Crippen molar-refractivity contribution in [2.75, 3.05) is 18.0 Å². The number of carbonyl (C=O) groups excluding carboxylic acids is 1. The van der Waals surface area contributed by atoms with Crippen LogP contribution in [0.4, 0.5) is 5.69 Å². The predicted octanol–water partition coefficient (Wildman–Crippen LogP) is 4.08. The monoisotopic (exact) mass is 353 g/mol. The van der Waals surface area contributed by atoms with E-state index in [1.54, 1.807) is 4.90 Å². The predicted molar refractivity (Wildman–Crippen MR) is 101 cm³/mol. The van der Waals surface area contributed by atoms with Gasteiger partial charge in [0.15, 0.2) is 5.71 Å². The molecule has 25 heavy (non-hydrogen) atoms. The lowest BCUT2D eigenvalue weighted by molar-refractivity contribution is -0.112. The normalized spacial score (nSPS) is 18.8. The van der Waals surface area contributed by atoms with Gasteiger partial charge in [-0.15, -0.1) is 0 Å². The van der Waals surface area contributed by atoms with E-state index in [9.17, 15) is 4.79 Å². The molecule has 0 saturated carbocycles. The highest BCUT2D eigenvalue weighted by atomic mass is 35.5. The first-order chi connectivity index (χ1) is 12.2. The Balaban J connectivity index is 1.66. The Morgan fingerprint density at radius 1 is 0.960 bits per heavy atom. The van der Waals surface area contributed by atoms with Crippen LogP contribution >= 0.6 is 11.6 Å². The van der Waals surface area contributed by atoms with Crippen LogP contribution in [0.3, 0.4) is 0 Å². The van der Waals surface area contributed by atoms with Crippen LogP contribution in [0.2, 0.25) is 5.02 Å². The molecule has 1 fully saturated rings. The van der Waals surface area contributed by atoms with E-state index in [2.05, 4.69) is 0 Å². The smallest absolute Gasteiger partial charge is 0.279 e. The summed E-state index contributed by atoms with van der Waals surface area (Å²) in [4.78, 5) is 14.9. The van der Waals surface area contributed by atoms with Crippen LogP contribution in [-0.4, -0.2) is 29.7 Å². The summed E-state index contributed by atoms with van der Waals surface area (Å²) in [5.41, 5.74) is 3.46. The van der Waals surface area contributed by atoms with Crippen molar-refractivity contribution in [3.8, 4) is 0 Å². The number of carbonyl (C=O) groups is 1. The number of hydrogen-bond donors (Lipinski definition) is 0. The molecule has 2 aromatic carbocycles. The van der Waals surface area contributed by atoms with Gasteiger partial charge >= 0.3 is 0 Å². The molecule has 0 aromatic heterocycles. The van der Waals surface area contributed by atoms with Gasteiger partial charge in [0.1, 0.15) is 0 Å². The molecule has 0 spiro atoms. The molecule has 128 valence electrons. The Hall–Kier alpha value is -2.33. The zero-order valence-corrected chi connectivity index (χ0v) is 14.7. The number of hydrogen-bond acceptors (Lipinski definition) is 3. The molecule has 0 bridgehead atoms. The van der Waals surface area contributed by atoms with Crippen molar-refractivity contribution >= 4 is 28.9 Å². The Kier molecular flexibility index (Phi) is 4.45. The molecule has 0 atom stereocenters. The second-order valence-corrected chi connectivity index (χ2v) is 6.93. The average molecular weight is 354 g/mol. The standard InChI is InChI=1S/C20H20ClN3O/c21-16-10-8-15(9-11-16)14-24-18-7-3-2-6-17(18)19(20(24)25)22-23-12-4-1-5-13-23/h2-3,6-11H,1,4-5,12-14H2. The number of rotatable bonds is 3. The van der Waals surface area contributed by atoms with Gasteiger partial charge in [-0.3, -0.25) is 9.80 Å². The third kappa shape index (κ3) is 3.27. The highest BCUT2D eigenvalue weighted by Gasteiger charge is 2.34. The second-order valence-electron chi connectivity index (χ2n) is 6.50. The van der Waals surface area contributed by atoms with Gasteiger partial charge in [0.05, 0.1) is 12.2 Å². The minimum Gasteiger partial charge on any atom is -0.302 e. The van der Waals surface area contributed by atoms with Crippen LogP contribution in [0.25, 0.3) is 0 Å². The molecule has 2 heterocycles. The minimum absolute atomic E-state index is 0.0262. The molecular formula is C20H20ClN3O. The van der Waals surface area contributed by atoms with E-state index in [-0.39, 0.29) is 5.91 Å². The first-order valence-corrected chi connectivity index (χ1v) is 9.09. The number of benzene rings is 2. The van der Waals surface area contributed by atoms with Crippen LogP contribution in [0.5, 0.6) is 0 Å². The van der Waals surface area contributed by atoms with E-state index in [0.29, 0.717) is 17.3 Å². The fraction of sp³-hybridized carbons (Fsp3) is 0.300. The number of piperidine rings is 1. The molecule has 0 aliphatic carbocycles. The molecule has 2 aliphatic heterocycles. The Labute approximate surface area is 152 Å². The number of amides is 1. The third-order valence-electron chi connectivity index (χ3n) is 4.73. The van der Waals surface area contributed by atoms with Crippen molar-refractivity contribution in [1.82, 2.24) is 5.01 Å². The Morgan fingerprint density at radius 3 is 2.44 bits per heavy atom. The van der Waals surface area contributed by atoms with Gasteiger partial charge in [-0.2, -0.15) is 5.10 Å². The Bertz CT molecular complexity index is 810. The first kappa shape index (κ1) is 16.2. The molecule has 4 rings (SSSR count).